The van der Waals surface area contributed by atoms with E-state index in [2.05, 4.69) is 57.8 Å². The summed E-state index contributed by atoms with van der Waals surface area (Å²) in [6.07, 6.45) is 9.42. The Labute approximate surface area is 210 Å². The Kier molecular flexibility index (Phi) is 7.49. The van der Waals surface area contributed by atoms with Gasteiger partial charge in [0.25, 0.3) is 0 Å². The molecule has 2 aromatic rings. The maximum absolute atomic E-state index is 12.4. The Bertz CT molecular complexity index is 1060. The van der Waals surface area contributed by atoms with E-state index in [9.17, 15) is 4.79 Å². The van der Waals surface area contributed by atoms with Crippen molar-refractivity contribution >= 4 is 17.0 Å². The molecule has 1 amide bonds. The normalized spacial score (nSPS) is 22.6. The molecule has 2 saturated heterocycles. The number of para-hydroxylation sites is 1. The van der Waals surface area contributed by atoms with Gasteiger partial charge in [0.05, 0.1) is 5.52 Å². The lowest BCUT2D eigenvalue weighted by molar-refractivity contribution is 0.114. The van der Waals surface area contributed by atoms with Gasteiger partial charge in [-0.3, -0.25) is 4.90 Å². The van der Waals surface area contributed by atoms with Crippen molar-refractivity contribution in [3.8, 4) is 5.88 Å². The molecule has 5 rings (SSSR count). The van der Waals surface area contributed by atoms with E-state index in [0.717, 1.165) is 57.0 Å². The van der Waals surface area contributed by atoms with Crippen LogP contribution in [0.3, 0.4) is 0 Å². The van der Waals surface area contributed by atoms with E-state index in [1.54, 1.807) is 12.6 Å². The Morgan fingerprint density at radius 3 is 2.31 bits per heavy atom. The molecule has 1 aromatic heterocycles. The van der Waals surface area contributed by atoms with Gasteiger partial charge >= 0.3 is 6.09 Å². The van der Waals surface area contributed by atoms with Crippen LogP contribution < -0.4 is 10.1 Å². The molecule has 3 aliphatic rings. The molecule has 0 radical (unpaired) electrons. The third-order valence-electron chi connectivity index (χ3n) is 8.59. The third kappa shape index (κ3) is 5.14. The number of hydrogen-bond acceptors (Lipinski definition) is 4. The minimum Gasteiger partial charge on any atom is -0.393 e. The minimum absolute atomic E-state index is 0.347. The van der Waals surface area contributed by atoms with E-state index in [1.807, 2.05) is 0 Å². The van der Waals surface area contributed by atoms with Crippen molar-refractivity contribution in [1.29, 1.82) is 0 Å². The van der Waals surface area contributed by atoms with E-state index < -0.39 is 0 Å². The van der Waals surface area contributed by atoms with Crippen molar-refractivity contribution in [2.45, 2.75) is 83.8 Å². The zero-order chi connectivity index (χ0) is 24.4. The zero-order valence-corrected chi connectivity index (χ0v) is 21.8. The van der Waals surface area contributed by atoms with Gasteiger partial charge in [0.15, 0.2) is 0 Å². The molecule has 6 nitrogen and oxygen atoms in total. The number of hydrogen-bond donors (Lipinski definition) is 1. The molecule has 35 heavy (non-hydrogen) atoms. The maximum atomic E-state index is 12.4. The van der Waals surface area contributed by atoms with Crippen molar-refractivity contribution in [2.75, 3.05) is 33.2 Å². The van der Waals surface area contributed by atoms with Crippen LogP contribution in [0, 0.1) is 0 Å². The van der Waals surface area contributed by atoms with Gasteiger partial charge in [0.1, 0.15) is 0 Å². The van der Waals surface area contributed by atoms with Crippen LogP contribution in [-0.2, 0) is 6.54 Å². The van der Waals surface area contributed by atoms with E-state index in [4.69, 9.17) is 4.74 Å². The molecule has 0 unspecified atom stereocenters. The molecule has 1 saturated carbocycles. The van der Waals surface area contributed by atoms with Crippen LogP contribution in [-0.4, -0.2) is 59.7 Å². The van der Waals surface area contributed by atoms with Gasteiger partial charge in [0, 0.05) is 49.7 Å². The second kappa shape index (κ2) is 10.8. The smallest absolute Gasteiger partial charge is 0.393 e. The first kappa shape index (κ1) is 24.4. The predicted octanol–water partition coefficient (Wildman–Crippen LogP) is 5.87. The van der Waals surface area contributed by atoms with Crippen LogP contribution >= 0.6 is 0 Å². The summed E-state index contributed by atoms with van der Waals surface area (Å²) < 4.78 is 8.38. The van der Waals surface area contributed by atoms with Crippen molar-refractivity contribution < 1.29 is 9.53 Å². The average Bonchev–Trinajstić information content (AvgIpc) is 3.51. The number of ether oxygens (including phenoxy) is 1. The summed E-state index contributed by atoms with van der Waals surface area (Å²) >= 11 is 0. The monoisotopic (exact) mass is 478 g/mol. The number of amides is 1. The lowest BCUT2D eigenvalue weighted by Crippen LogP contribution is -2.43. The summed E-state index contributed by atoms with van der Waals surface area (Å²) in [7, 11) is 1.64. The number of nitrogens with zero attached hydrogens (tertiary/aromatic N) is 3. The molecule has 0 spiro atoms. The van der Waals surface area contributed by atoms with Gasteiger partial charge in [-0.2, -0.15) is 0 Å². The number of carbonyl (C=O) groups is 1. The molecule has 0 bridgehead atoms. The second-order valence-electron chi connectivity index (χ2n) is 10.9. The Balaban J connectivity index is 1.39. The Morgan fingerprint density at radius 1 is 0.971 bits per heavy atom. The molecule has 1 aliphatic carbocycles. The van der Waals surface area contributed by atoms with Crippen LogP contribution in [0.1, 0.15) is 76.8 Å². The molecular weight excluding hydrogens is 436 g/mol. The number of fused-ring (bicyclic) bond motifs is 1. The van der Waals surface area contributed by atoms with Gasteiger partial charge in [-0.1, -0.05) is 29.3 Å². The fourth-order valence-corrected chi connectivity index (χ4v) is 6.56. The summed E-state index contributed by atoms with van der Waals surface area (Å²) in [5.41, 5.74) is 5.56. The topological polar surface area (TPSA) is 49.7 Å². The fourth-order valence-electron chi connectivity index (χ4n) is 6.56. The number of rotatable bonds is 5. The summed E-state index contributed by atoms with van der Waals surface area (Å²) in [4.78, 5) is 17.7. The van der Waals surface area contributed by atoms with Crippen molar-refractivity contribution in [1.82, 2.24) is 19.7 Å². The summed E-state index contributed by atoms with van der Waals surface area (Å²) in [5, 5.41) is 3.89. The number of likely N-dealkylation sites (tertiary alicyclic amines) is 2. The first-order valence-corrected chi connectivity index (χ1v) is 13.7. The standard InChI is InChI=1S/C29H42N4O2/c1-21(2)22-10-12-23(13-11-22)32-18-14-24(15-19-32)33-27-9-5-4-8-25(27)26(20-31-16-6-7-17-31)28(33)35-29(34)30-3/h4-5,8-9,23-24H,6-7,10-20H2,1-3H3,(H,30,34). The summed E-state index contributed by atoms with van der Waals surface area (Å²) in [6, 6.07) is 9.68. The van der Waals surface area contributed by atoms with Gasteiger partial charge in [-0.05, 0) is 84.4 Å². The molecule has 3 heterocycles. The van der Waals surface area contributed by atoms with Crippen molar-refractivity contribution in [3.05, 3.63) is 41.0 Å². The van der Waals surface area contributed by atoms with Gasteiger partial charge < -0.3 is 19.5 Å². The number of carbonyl (C=O) groups excluding carboxylic acids is 1. The van der Waals surface area contributed by atoms with Crippen molar-refractivity contribution in [2.24, 2.45) is 0 Å². The fraction of sp³-hybridized carbons (Fsp3) is 0.621. The van der Waals surface area contributed by atoms with Gasteiger partial charge in [0.2, 0.25) is 5.88 Å². The quantitative estimate of drug-likeness (QED) is 0.546. The molecule has 3 fully saturated rings. The van der Waals surface area contributed by atoms with Crippen LogP contribution in [0.5, 0.6) is 5.88 Å². The predicted molar refractivity (Wildman–Crippen MR) is 142 cm³/mol. The van der Waals surface area contributed by atoms with E-state index in [-0.39, 0.29) is 6.09 Å². The zero-order valence-electron chi connectivity index (χ0n) is 21.8. The number of aromatic nitrogens is 1. The maximum Gasteiger partial charge on any atom is 0.413 e. The van der Waals surface area contributed by atoms with E-state index in [0.29, 0.717) is 12.1 Å². The lowest BCUT2D eigenvalue weighted by Gasteiger charge is -2.40. The molecule has 1 N–H and O–H groups in total. The molecular formula is C29H42N4O2. The van der Waals surface area contributed by atoms with Crippen LogP contribution in [0.2, 0.25) is 0 Å². The molecule has 2 aliphatic heterocycles. The highest BCUT2D eigenvalue weighted by Gasteiger charge is 2.32. The van der Waals surface area contributed by atoms with Crippen molar-refractivity contribution in [3.63, 3.8) is 0 Å². The minimum atomic E-state index is -0.383. The number of piperidine rings is 1. The van der Waals surface area contributed by atoms with Crippen LogP contribution in [0.25, 0.3) is 10.9 Å². The third-order valence-corrected chi connectivity index (χ3v) is 8.59. The summed E-state index contributed by atoms with van der Waals surface area (Å²) in [6.45, 7) is 9.84. The molecule has 0 atom stereocenters. The SMILES string of the molecule is CNC(=O)Oc1c(CN2CCCC2)c2ccccc2n1C1CCN(C2CCC(=C(C)C)CC2)CC1. The number of nitrogens with one attached hydrogen (secondary N) is 1. The van der Waals surface area contributed by atoms with Crippen LogP contribution in [0.15, 0.2) is 35.4 Å². The first-order valence-electron chi connectivity index (χ1n) is 13.7. The molecule has 6 heteroatoms. The van der Waals surface area contributed by atoms with E-state index >= 15 is 0 Å². The number of allylic oxidation sites excluding steroid dienone is 2. The largest absolute Gasteiger partial charge is 0.413 e. The summed E-state index contributed by atoms with van der Waals surface area (Å²) in [5.74, 6) is 0.752. The first-order chi connectivity index (χ1) is 17.0. The molecule has 190 valence electrons. The lowest BCUT2D eigenvalue weighted by atomic mass is 9.86. The van der Waals surface area contributed by atoms with Gasteiger partial charge in [-0.25, -0.2) is 4.79 Å². The number of benzene rings is 1. The Hall–Kier alpha value is -2.31. The highest BCUT2D eigenvalue weighted by atomic mass is 16.6. The molecule has 1 aromatic carbocycles. The van der Waals surface area contributed by atoms with E-state index in [1.165, 1.54) is 55.0 Å². The van der Waals surface area contributed by atoms with Crippen LogP contribution in [0.4, 0.5) is 4.79 Å². The Morgan fingerprint density at radius 2 is 1.66 bits per heavy atom. The highest BCUT2D eigenvalue weighted by molar-refractivity contribution is 5.88. The average molecular weight is 479 g/mol. The second-order valence-corrected chi connectivity index (χ2v) is 10.9. The highest BCUT2D eigenvalue weighted by Crippen LogP contribution is 2.40. The van der Waals surface area contributed by atoms with Gasteiger partial charge in [-0.15, -0.1) is 0 Å².